The van der Waals surface area contributed by atoms with Crippen molar-refractivity contribution in [2.24, 2.45) is 0 Å². The van der Waals surface area contributed by atoms with Gasteiger partial charge in [0.1, 0.15) is 0 Å². The van der Waals surface area contributed by atoms with E-state index in [1.54, 1.807) is 11.0 Å². The molecule has 3 amide bonds. The van der Waals surface area contributed by atoms with Crippen LogP contribution in [0.25, 0.3) is 0 Å². The lowest BCUT2D eigenvalue weighted by molar-refractivity contribution is -0.122. The summed E-state index contributed by atoms with van der Waals surface area (Å²) in [4.78, 5) is 28.0. The Balaban J connectivity index is 1.44. The van der Waals surface area contributed by atoms with Crippen LogP contribution >= 0.6 is 11.6 Å². The zero-order chi connectivity index (χ0) is 17.1. The molecule has 24 heavy (non-hydrogen) atoms. The van der Waals surface area contributed by atoms with Crippen molar-refractivity contribution < 1.29 is 9.59 Å². The third-order valence-corrected chi connectivity index (χ3v) is 4.80. The number of benzene rings is 1. The Kier molecular flexibility index (Phi) is 5.26. The Morgan fingerprint density at radius 1 is 1.21 bits per heavy atom. The Labute approximate surface area is 147 Å². The number of anilines is 1. The molecular weight excluding hydrogens is 328 g/mol. The third-order valence-electron chi connectivity index (χ3n) is 4.39. The topological polar surface area (TPSA) is 64.7 Å². The van der Waals surface area contributed by atoms with Crippen LogP contribution in [0.3, 0.4) is 0 Å². The molecule has 1 saturated carbocycles. The standard InChI is InChI=1S/C17H23ClN4O2/c1-12-2-3-14(10-15(12)18)20-17(24)22-8-6-21(7-9-22)11-16(23)19-13-4-5-13/h2-3,10,13H,4-9,11H2,1H3,(H,19,23)(H,20,24). The molecule has 0 bridgehead atoms. The van der Waals surface area contributed by atoms with E-state index in [2.05, 4.69) is 15.5 Å². The van der Waals surface area contributed by atoms with Crippen LogP contribution in [0.5, 0.6) is 0 Å². The van der Waals surface area contributed by atoms with Crippen molar-refractivity contribution >= 4 is 29.2 Å². The molecule has 6 nitrogen and oxygen atoms in total. The van der Waals surface area contributed by atoms with Crippen LogP contribution in [0.4, 0.5) is 10.5 Å². The quantitative estimate of drug-likeness (QED) is 0.873. The molecule has 2 fully saturated rings. The van der Waals surface area contributed by atoms with Crippen LogP contribution in [0.15, 0.2) is 18.2 Å². The lowest BCUT2D eigenvalue weighted by Crippen LogP contribution is -2.52. The molecule has 1 aliphatic heterocycles. The van der Waals surface area contributed by atoms with E-state index in [1.807, 2.05) is 19.1 Å². The lowest BCUT2D eigenvalue weighted by atomic mass is 10.2. The zero-order valence-electron chi connectivity index (χ0n) is 13.8. The number of hydrogen-bond donors (Lipinski definition) is 2. The van der Waals surface area contributed by atoms with Crippen molar-refractivity contribution in [1.82, 2.24) is 15.1 Å². The van der Waals surface area contributed by atoms with E-state index in [1.165, 1.54) is 0 Å². The average molecular weight is 351 g/mol. The Hall–Kier alpha value is -1.79. The van der Waals surface area contributed by atoms with Gasteiger partial charge in [-0.25, -0.2) is 4.79 Å². The zero-order valence-corrected chi connectivity index (χ0v) is 14.6. The number of carbonyl (C=O) groups excluding carboxylic acids is 2. The highest BCUT2D eigenvalue weighted by molar-refractivity contribution is 6.31. The number of hydrogen-bond acceptors (Lipinski definition) is 3. The first-order chi connectivity index (χ1) is 11.5. The summed E-state index contributed by atoms with van der Waals surface area (Å²) in [5.74, 6) is 0.0877. The first-order valence-corrected chi connectivity index (χ1v) is 8.73. The Morgan fingerprint density at radius 2 is 1.92 bits per heavy atom. The fraction of sp³-hybridized carbons (Fsp3) is 0.529. The van der Waals surface area contributed by atoms with Crippen molar-refractivity contribution in [3.63, 3.8) is 0 Å². The maximum Gasteiger partial charge on any atom is 0.321 e. The summed E-state index contributed by atoms with van der Waals surface area (Å²) in [5, 5.41) is 6.50. The van der Waals surface area contributed by atoms with Gasteiger partial charge in [-0.05, 0) is 37.5 Å². The monoisotopic (exact) mass is 350 g/mol. The fourth-order valence-electron chi connectivity index (χ4n) is 2.69. The largest absolute Gasteiger partial charge is 0.352 e. The second-order valence-electron chi connectivity index (χ2n) is 6.50. The number of amides is 3. The van der Waals surface area contributed by atoms with Gasteiger partial charge in [0, 0.05) is 42.9 Å². The summed E-state index contributed by atoms with van der Waals surface area (Å²) in [5.41, 5.74) is 1.68. The molecule has 1 heterocycles. The molecule has 0 atom stereocenters. The molecule has 1 saturated heterocycles. The minimum absolute atomic E-state index is 0.0877. The molecule has 0 radical (unpaired) electrons. The molecule has 1 aromatic carbocycles. The van der Waals surface area contributed by atoms with Gasteiger partial charge in [-0.15, -0.1) is 0 Å². The van der Waals surface area contributed by atoms with Crippen LogP contribution < -0.4 is 10.6 Å². The number of halogens is 1. The number of piperazine rings is 1. The first kappa shape index (κ1) is 17.0. The average Bonchev–Trinajstić information content (AvgIpc) is 3.35. The van der Waals surface area contributed by atoms with Gasteiger partial charge in [0.15, 0.2) is 0 Å². The maximum absolute atomic E-state index is 12.3. The van der Waals surface area contributed by atoms with Crippen molar-refractivity contribution in [3.8, 4) is 0 Å². The highest BCUT2D eigenvalue weighted by Crippen LogP contribution is 2.20. The molecule has 0 spiro atoms. The molecule has 3 rings (SSSR count). The van der Waals surface area contributed by atoms with Gasteiger partial charge >= 0.3 is 6.03 Å². The highest BCUT2D eigenvalue weighted by Gasteiger charge is 2.26. The van der Waals surface area contributed by atoms with Crippen molar-refractivity contribution in [2.75, 3.05) is 38.0 Å². The van der Waals surface area contributed by atoms with Crippen LogP contribution in [0, 0.1) is 6.92 Å². The van der Waals surface area contributed by atoms with E-state index >= 15 is 0 Å². The summed E-state index contributed by atoms with van der Waals surface area (Å²) < 4.78 is 0. The van der Waals surface area contributed by atoms with Crippen LogP contribution in [-0.2, 0) is 4.79 Å². The van der Waals surface area contributed by atoms with E-state index < -0.39 is 0 Å². The molecule has 7 heteroatoms. The van der Waals surface area contributed by atoms with Gasteiger partial charge in [-0.1, -0.05) is 17.7 Å². The lowest BCUT2D eigenvalue weighted by Gasteiger charge is -2.34. The van der Waals surface area contributed by atoms with Crippen molar-refractivity contribution in [2.45, 2.75) is 25.8 Å². The fourth-order valence-corrected chi connectivity index (χ4v) is 2.87. The predicted octanol–water partition coefficient (Wildman–Crippen LogP) is 2.08. The summed E-state index contributed by atoms with van der Waals surface area (Å²) in [7, 11) is 0. The Morgan fingerprint density at radius 3 is 2.54 bits per heavy atom. The molecule has 0 aromatic heterocycles. The second-order valence-corrected chi connectivity index (χ2v) is 6.91. The van der Waals surface area contributed by atoms with Gasteiger partial charge in [-0.3, -0.25) is 9.69 Å². The molecule has 2 N–H and O–H groups in total. The number of carbonyl (C=O) groups is 2. The van der Waals surface area contributed by atoms with Crippen LogP contribution in [0.2, 0.25) is 5.02 Å². The predicted molar refractivity (Wildman–Crippen MR) is 94.4 cm³/mol. The smallest absolute Gasteiger partial charge is 0.321 e. The maximum atomic E-state index is 12.3. The summed E-state index contributed by atoms with van der Waals surface area (Å²) in [6, 6.07) is 5.75. The SMILES string of the molecule is Cc1ccc(NC(=O)N2CCN(CC(=O)NC3CC3)CC2)cc1Cl. The third kappa shape index (κ3) is 4.61. The number of nitrogens with zero attached hydrogens (tertiary/aromatic N) is 2. The van der Waals surface area contributed by atoms with Crippen LogP contribution in [0.1, 0.15) is 18.4 Å². The minimum Gasteiger partial charge on any atom is -0.352 e. The van der Waals surface area contributed by atoms with E-state index in [4.69, 9.17) is 11.6 Å². The Bertz CT molecular complexity index is 625. The van der Waals surface area contributed by atoms with E-state index in [9.17, 15) is 9.59 Å². The minimum atomic E-state index is -0.128. The molecular formula is C17H23ClN4O2. The summed E-state index contributed by atoms with van der Waals surface area (Å²) >= 11 is 6.08. The first-order valence-electron chi connectivity index (χ1n) is 8.35. The molecule has 130 valence electrons. The second kappa shape index (κ2) is 7.40. The number of urea groups is 1. The molecule has 1 aliphatic carbocycles. The summed E-state index contributed by atoms with van der Waals surface area (Å²) in [6.45, 7) is 4.98. The van der Waals surface area contributed by atoms with E-state index in [0.717, 1.165) is 18.4 Å². The van der Waals surface area contributed by atoms with Gasteiger partial charge < -0.3 is 15.5 Å². The van der Waals surface area contributed by atoms with Crippen LogP contribution in [-0.4, -0.2) is 60.5 Å². The van der Waals surface area contributed by atoms with Gasteiger partial charge in [0.05, 0.1) is 6.54 Å². The highest BCUT2D eigenvalue weighted by atomic mass is 35.5. The number of rotatable bonds is 4. The molecule has 1 aromatic rings. The number of aryl methyl sites for hydroxylation is 1. The summed E-state index contributed by atoms with van der Waals surface area (Å²) in [6.07, 6.45) is 2.20. The van der Waals surface area contributed by atoms with Crippen molar-refractivity contribution in [3.05, 3.63) is 28.8 Å². The van der Waals surface area contributed by atoms with Gasteiger partial charge in [-0.2, -0.15) is 0 Å². The normalized spacial score (nSPS) is 18.3. The van der Waals surface area contributed by atoms with Gasteiger partial charge in [0.2, 0.25) is 5.91 Å². The van der Waals surface area contributed by atoms with E-state index in [0.29, 0.717) is 49.5 Å². The molecule has 2 aliphatic rings. The molecule has 0 unspecified atom stereocenters. The van der Waals surface area contributed by atoms with E-state index in [-0.39, 0.29) is 11.9 Å². The van der Waals surface area contributed by atoms with Gasteiger partial charge in [0.25, 0.3) is 0 Å². The number of nitrogens with one attached hydrogen (secondary N) is 2. The van der Waals surface area contributed by atoms with Crippen molar-refractivity contribution in [1.29, 1.82) is 0 Å².